The zero-order valence-corrected chi connectivity index (χ0v) is 9.80. The lowest BCUT2D eigenvalue weighted by Crippen LogP contribution is -2.52. The van der Waals surface area contributed by atoms with Gasteiger partial charge in [0.05, 0.1) is 17.6 Å². The van der Waals surface area contributed by atoms with E-state index in [1.165, 1.54) is 0 Å². The molecule has 15 heavy (non-hydrogen) atoms. The first kappa shape index (κ1) is 12.5. The van der Waals surface area contributed by atoms with E-state index in [0.717, 1.165) is 19.4 Å². The van der Waals surface area contributed by atoms with Crippen molar-refractivity contribution in [2.75, 3.05) is 13.1 Å². The predicted octanol–water partition coefficient (Wildman–Crippen LogP) is 1.40. The molecule has 0 aromatic rings. The van der Waals surface area contributed by atoms with Gasteiger partial charge in [0.1, 0.15) is 0 Å². The van der Waals surface area contributed by atoms with Gasteiger partial charge in [-0.3, -0.25) is 4.79 Å². The van der Waals surface area contributed by atoms with Gasteiger partial charge >= 0.3 is 5.97 Å². The molecule has 1 atom stereocenters. The highest BCUT2D eigenvalue weighted by atomic mass is 16.5. The van der Waals surface area contributed by atoms with Crippen LogP contribution in [0.3, 0.4) is 0 Å². The Hall–Kier alpha value is -0.610. The third kappa shape index (κ3) is 4.18. The number of hydrogen-bond acceptors (Lipinski definition) is 3. The topological polar surface area (TPSA) is 58.6 Å². The molecule has 1 aliphatic heterocycles. The van der Waals surface area contributed by atoms with Crippen molar-refractivity contribution in [3.05, 3.63) is 0 Å². The normalized spacial score (nSPS) is 27.7. The molecule has 0 bridgehead atoms. The maximum absolute atomic E-state index is 10.9. The minimum atomic E-state index is -0.789. The van der Waals surface area contributed by atoms with Gasteiger partial charge < -0.3 is 15.2 Å². The standard InChI is InChI=1S/C11H21NO3/c1-10(2,3)15-11(7-9(13)14)5-4-6-12-8-11/h12H,4-8H2,1-3H3,(H,13,14). The number of carbonyl (C=O) groups is 1. The van der Waals surface area contributed by atoms with Gasteiger partial charge in [-0.1, -0.05) is 0 Å². The Balaban J connectivity index is 2.70. The van der Waals surface area contributed by atoms with Crippen LogP contribution in [-0.4, -0.2) is 35.4 Å². The average molecular weight is 215 g/mol. The summed E-state index contributed by atoms with van der Waals surface area (Å²) in [6.07, 6.45) is 1.88. The molecule has 1 saturated heterocycles. The van der Waals surface area contributed by atoms with Crippen molar-refractivity contribution in [2.24, 2.45) is 0 Å². The second-order valence-electron chi connectivity index (χ2n) is 5.25. The molecule has 0 radical (unpaired) electrons. The Morgan fingerprint density at radius 1 is 1.53 bits per heavy atom. The van der Waals surface area contributed by atoms with Crippen LogP contribution in [0.25, 0.3) is 0 Å². The third-order valence-corrected chi connectivity index (χ3v) is 2.43. The van der Waals surface area contributed by atoms with Crippen LogP contribution < -0.4 is 5.32 Å². The smallest absolute Gasteiger partial charge is 0.306 e. The van der Waals surface area contributed by atoms with Crippen molar-refractivity contribution in [2.45, 2.75) is 51.2 Å². The molecule has 0 aliphatic carbocycles. The number of nitrogens with one attached hydrogen (secondary N) is 1. The molecule has 88 valence electrons. The zero-order chi connectivity index (χ0) is 11.5. The van der Waals surface area contributed by atoms with Crippen molar-refractivity contribution < 1.29 is 14.6 Å². The van der Waals surface area contributed by atoms with Crippen molar-refractivity contribution in [1.29, 1.82) is 0 Å². The van der Waals surface area contributed by atoms with E-state index in [1.807, 2.05) is 20.8 Å². The molecule has 1 heterocycles. The first-order chi connectivity index (χ1) is 6.83. The summed E-state index contributed by atoms with van der Waals surface area (Å²) in [5.74, 6) is -0.789. The lowest BCUT2D eigenvalue weighted by Gasteiger charge is -2.41. The molecule has 2 N–H and O–H groups in total. The maximum Gasteiger partial charge on any atom is 0.306 e. The van der Waals surface area contributed by atoms with Gasteiger partial charge in [0.15, 0.2) is 0 Å². The molecule has 1 aliphatic rings. The lowest BCUT2D eigenvalue weighted by atomic mass is 9.89. The monoisotopic (exact) mass is 215 g/mol. The second-order valence-corrected chi connectivity index (χ2v) is 5.25. The largest absolute Gasteiger partial charge is 0.481 e. The highest BCUT2D eigenvalue weighted by molar-refractivity contribution is 5.68. The molecule has 1 fully saturated rings. The van der Waals surface area contributed by atoms with Crippen LogP contribution in [0.5, 0.6) is 0 Å². The van der Waals surface area contributed by atoms with Crippen molar-refractivity contribution in [3.63, 3.8) is 0 Å². The molecule has 0 amide bonds. The minimum absolute atomic E-state index is 0.0806. The van der Waals surface area contributed by atoms with Gasteiger partial charge in [0.2, 0.25) is 0 Å². The first-order valence-corrected chi connectivity index (χ1v) is 5.46. The van der Waals surface area contributed by atoms with Crippen LogP contribution in [0, 0.1) is 0 Å². The SMILES string of the molecule is CC(C)(C)OC1(CC(=O)O)CCCNC1. The Bertz CT molecular complexity index is 226. The molecule has 4 nitrogen and oxygen atoms in total. The van der Waals surface area contributed by atoms with E-state index in [-0.39, 0.29) is 12.0 Å². The number of hydrogen-bond donors (Lipinski definition) is 2. The molecule has 1 rings (SSSR count). The third-order valence-electron chi connectivity index (χ3n) is 2.43. The van der Waals surface area contributed by atoms with Crippen LogP contribution in [0.2, 0.25) is 0 Å². The van der Waals surface area contributed by atoms with Crippen LogP contribution in [-0.2, 0) is 9.53 Å². The van der Waals surface area contributed by atoms with E-state index < -0.39 is 11.6 Å². The Labute approximate surface area is 91.0 Å². The van der Waals surface area contributed by atoms with Gasteiger partial charge in [0.25, 0.3) is 0 Å². The summed E-state index contributed by atoms with van der Waals surface area (Å²) in [6.45, 7) is 7.48. The number of carboxylic acid groups (broad SMARTS) is 1. The Morgan fingerprint density at radius 2 is 2.20 bits per heavy atom. The number of carboxylic acids is 1. The summed E-state index contributed by atoms with van der Waals surface area (Å²) < 4.78 is 5.93. The van der Waals surface area contributed by atoms with E-state index in [2.05, 4.69) is 5.32 Å². The van der Waals surface area contributed by atoms with E-state index in [9.17, 15) is 4.79 Å². The minimum Gasteiger partial charge on any atom is -0.481 e. The molecular formula is C11H21NO3. The van der Waals surface area contributed by atoms with Crippen LogP contribution in [0.4, 0.5) is 0 Å². The van der Waals surface area contributed by atoms with Gasteiger partial charge in [-0.15, -0.1) is 0 Å². The Kier molecular flexibility index (Phi) is 3.73. The number of aliphatic carboxylic acids is 1. The molecule has 1 unspecified atom stereocenters. The fourth-order valence-corrected chi connectivity index (χ4v) is 2.14. The number of ether oxygens (including phenoxy) is 1. The van der Waals surface area contributed by atoms with Crippen LogP contribution in [0.1, 0.15) is 40.0 Å². The van der Waals surface area contributed by atoms with Gasteiger partial charge in [-0.2, -0.15) is 0 Å². The highest BCUT2D eigenvalue weighted by Gasteiger charge is 2.38. The van der Waals surface area contributed by atoms with Gasteiger partial charge in [-0.05, 0) is 40.2 Å². The lowest BCUT2D eigenvalue weighted by molar-refractivity contribution is -0.165. The average Bonchev–Trinajstić information content (AvgIpc) is 1.99. The first-order valence-electron chi connectivity index (χ1n) is 5.46. The molecule has 0 aromatic carbocycles. The van der Waals surface area contributed by atoms with E-state index in [4.69, 9.17) is 9.84 Å². The zero-order valence-electron chi connectivity index (χ0n) is 9.80. The summed E-state index contributed by atoms with van der Waals surface area (Å²) in [7, 11) is 0. The Morgan fingerprint density at radius 3 is 2.60 bits per heavy atom. The summed E-state index contributed by atoms with van der Waals surface area (Å²) in [6, 6.07) is 0. The van der Waals surface area contributed by atoms with Crippen LogP contribution >= 0.6 is 0 Å². The summed E-state index contributed by atoms with van der Waals surface area (Å²) in [5.41, 5.74) is -0.823. The molecule has 0 spiro atoms. The van der Waals surface area contributed by atoms with Crippen molar-refractivity contribution >= 4 is 5.97 Å². The molecule has 0 saturated carbocycles. The predicted molar refractivity (Wildman–Crippen MR) is 57.9 cm³/mol. The second kappa shape index (κ2) is 4.49. The summed E-state index contributed by atoms with van der Waals surface area (Å²) in [5, 5.41) is 12.1. The quantitative estimate of drug-likeness (QED) is 0.747. The van der Waals surface area contributed by atoms with Gasteiger partial charge in [0, 0.05) is 6.54 Å². The summed E-state index contributed by atoms with van der Waals surface area (Å²) in [4.78, 5) is 10.9. The molecule has 4 heteroatoms. The van der Waals surface area contributed by atoms with Crippen molar-refractivity contribution in [3.8, 4) is 0 Å². The highest BCUT2D eigenvalue weighted by Crippen LogP contribution is 2.29. The molecular weight excluding hydrogens is 194 g/mol. The molecule has 0 aromatic heterocycles. The number of rotatable bonds is 3. The fraction of sp³-hybridized carbons (Fsp3) is 0.909. The van der Waals surface area contributed by atoms with Gasteiger partial charge in [-0.25, -0.2) is 0 Å². The van der Waals surface area contributed by atoms with E-state index >= 15 is 0 Å². The maximum atomic E-state index is 10.9. The van der Waals surface area contributed by atoms with E-state index in [1.54, 1.807) is 0 Å². The van der Waals surface area contributed by atoms with Crippen molar-refractivity contribution in [1.82, 2.24) is 5.32 Å². The fourth-order valence-electron chi connectivity index (χ4n) is 2.14. The number of piperidine rings is 1. The summed E-state index contributed by atoms with van der Waals surface area (Å²) >= 11 is 0. The van der Waals surface area contributed by atoms with Crippen LogP contribution in [0.15, 0.2) is 0 Å². The van der Waals surface area contributed by atoms with E-state index in [0.29, 0.717) is 6.54 Å².